The zero-order chi connectivity index (χ0) is 41.7. The molecule has 0 rings (SSSR count). The SMILES string of the molecule is N[C@@H](CCCCNC(=O)COCCOCCNC(=O)COCCOCCNC(=O)CC[C@H](NC(O)CCCCCCCCCCCCC(=O)O)C(=O)O)C(=O)F. The molecule has 0 aliphatic carbocycles. The van der Waals surface area contributed by atoms with Crippen molar-refractivity contribution in [2.75, 3.05) is 72.5 Å². The predicted molar refractivity (Wildman–Crippen MR) is 203 cm³/mol. The van der Waals surface area contributed by atoms with E-state index in [0.29, 0.717) is 25.8 Å². The summed E-state index contributed by atoms with van der Waals surface area (Å²) in [6.07, 6.45) is 10.8. The standard InChI is InChI=1S/C37H68FN5O13/c38-36(50)29(39)13-11-12-18-40-33(46)27-55-25-24-54-22-20-42-34(47)28-56-26-23-53-21-19-41-31(44)17-16-30(37(51)52)43-32(45)14-9-7-5-3-1-2-4-6-8-10-15-35(48)49/h29-30,32,43,45H,1-28,39H2,(H,40,46)(H,41,44)(H,42,47)(H,48,49)(H,51,52)/t29-,30-,32?/m0/s1. The number of nitrogens with one attached hydrogen (secondary N) is 4. The molecule has 0 aliphatic heterocycles. The summed E-state index contributed by atoms with van der Waals surface area (Å²) in [6, 6.07) is -3.72. The first-order chi connectivity index (χ1) is 26.9. The Labute approximate surface area is 329 Å². The molecule has 0 heterocycles. The van der Waals surface area contributed by atoms with Crippen LogP contribution < -0.4 is 27.0 Å². The van der Waals surface area contributed by atoms with Crippen LogP contribution in [0.25, 0.3) is 0 Å². The molecule has 19 heteroatoms. The maximum atomic E-state index is 12.4. The first-order valence-electron chi connectivity index (χ1n) is 19.9. The van der Waals surface area contributed by atoms with E-state index in [1.807, 2.05) is 0 Å². The Bertz CT molecular complexity index is 1080. The summed E-state index contributed by atoms with van der Waals surface area (Å²) in [6.45, 7) is 1.70. The number of unbranched alkanes of at least 4 members (excludes halogenated alkanes) is 10. The molecule has 18 nitrogen and oxygen atoms in total. The number of carboxylic acids is 2. The van der Waals surface area contributed by atoms with Crippen LogP contribution in [0.15, 0.2) is 0 Å². The van der Waals surface area contributed by atoms with Gasteiger partial charge in [0, 0.05) is 32.5 Å². The monoisotopic (exact) mass is 809 g/mol. The fraction of sp³-hybridized carbons (Fsp3) is 0.838. The second kappa shape index (κ2) is 37.3. The molecule has 0 aromatic rings. The fourth-order valence-corrected chi connectivity index (χ4v) is 5.21. The highest BCUT2D eigenvalue weighted by atomic mass is 19.1. The van der Waals surface area contributed by atoms with Crippen LogP contribution in [0.1, 0.15) is 109 Å². The minimum absolute atomic E-state index is 0.0162. The number of aliphatic hydroxyl groups excluding tert-OH is 1. The molecule has 0 fully saturated rings. The number of carbonyl (C=O) groups is 6. The third kappa shape index (κ3) is 36.3. The molecule has 0 aliphatic rings. The molecule has 0 saturated carbocycles. The highest BCUT2D eigenvalue weighted by molar-refractivity contribution is 5.78. The van der Waals surface area contributed by atoms with E-state index in [2.05, 4.69) is 21.3 Å². The number of hydrogen-bond acceptors (Lipinski definition) is 13. The second-order valence-corrected chi connectivity index (χ2v) is 13.4. The van der Waals surface area contributed by atoms with E-state index in [0.717, 1.165) is 64.2 Å². The smallest absolute Gasteiger partial charge is 0.320 e. The average Bonchev–Trinajstić information content (AvgIpc) is 3.15. The highest BCUT2D eigenvalue weighted by Crippen LogP contribution is 2.13. The largest absolute Gasteiger partial charge is 0.481 e. The lowest BCUT2D eigenvalue weighted by Gasteiger charge is -2.19. The van der Waals surface area contributed by atoms with E-state index >= 15 is 0 Å². The lowest BCUT2D eigenvalue weighted by atomic mass is 10.0. The number of carboxylic acid groups (broad SMARTS) is 2. The molecule has 0 radical (unpaired) electrons. The van der Waals surface area contributed by atoms with Gasteiger partial charge in [-0.2, -0.15) is 4.39 Å². The molecule has 0 saturated heterocycles. The van der Waals surface area contributed by atoms with Crippen molar-refractivity contribution < 1.29 is 67.4 Å². The van der Waals surface area contributed by atoms with Crippen LogP contribution in [0.5, 0.6) is 0 Å². The molecule has 0 aromatic heterocycles. The zero-order valence-electron chi connectivity index (χ0n) is 32.9. The van der Waals surface area contributed by atoms with Crippen molar-refractivity contribution in [1.82, 2.24) is 21.3 Å². The topological polar surface area (TPSA) is 274 Å². The van der Waals surface area contributed by atoms with E-state index in [1.165, 1.54) is 0 Å². The average molecular weight is 810 g/mol. The number of rotatable bonds is 41. The van der Waals surface area contributed by atoms with Crippen molar-refractivity contribution in [3.63, 3.8) is 0 Å². The van der Waals surface area contributed by atoms with Crippen LogP contribution in [-0.4, -0.2) is 142 Å². The Morgan fingerprint density at radius 2 is 1.00 bits per heavy atom. The first kappa shape index (κ1) is 52.7. The number of aliphatic carboxylic acids is 2. The number of amides is 3. The molecule has 3 amide bonds. The molecular weight excluding hydrogens is 741 g/mol. The fourth-order valence-electron chi connectivity index (χ4n) is 5.21. The van der Waals surface area contributed by atoms with Gasteiger partial charge in [0.05, 0.1) is 45.7 Å². The highest BCUT2D eigenvalue weighted by Gasteiger charge is 2.21. The number of carbonyl (C=O) groups excluding carboxylic acids is 4. The van der Waals surface area contributed by atoms with Gasteiger partial charge in [0.1, 0.15) is 25.5 Å². The van der Waals surface area contributed by atoms with E-state index in [1.54, 1.807) is 0 Å². The quantitative estimate of drug-likeness (QED) is 0.0246. The Morgan fingerprint density at radius 1 is 0.536 bits per heavy atom. The summed E-state index contributed by atoms with van der Waals surface area (Å²) in [5.41, 5.74) is 5.29. The Balaban J connectivity index is 3.66. The molecule has 56 heavy (non-hydrogen) atoms. The van der Waals surface area contributed by atoms with Crippen LogP contribution >= 0.6 is 0 Å². The summed E-state index contributed by atoms with van der Waals surface area (Å²) in [7, 11) is 0. The normalized spacial score (nSPS) is 12.8. The summed E-state index contributed by atoms with van der Waals surface area (Å²) in [5, 5.41) is 39.0. The first-order valence-corrected chi connectivity index (χ1v) is 19.9. The minimum Gasteiger partial charge on any atom is -0.481 e. The molecule has 0 aromatic carbocycles. The third-order valence-corrected chi connectivity index (χ3v) is 8.37. The van der Waals surface area contributed by atoms with E-state index in [9.17, 15) is 43.4 Å². The summed E-state index contributed by atoms with van der Waals surface area (Å²) < 4.78 is 33.5. The molecular formula is C37H68FN5O13. The molecule has 1 unspecified atom stereocenters. The molecule has 0 bridgehead atoms. The van der Waals surface area contributed by atoms with E-state index in [4.69, 9.17) is 29.8 Å². The Kier molecular flexibility index (Phi) is 35.0. The van der Waals surface area contributed by atoms with Crippen molar-refractivity contribution in [3.05, 3.63) is 0 Å². The van der Waals surface area contributed by atoms with Gasteiger partial charge in [-0.3, -0.25) is 34.1 Å². The van der Waals surface area contributed by atoms with Crippen molar-refractivity contribution in [1.29, 1.82) is 0 Å². The number of nitrogens with two attached hydrogens (primary N) is 1. The van der Waals surface area contributed by atoms with Crippen molar-refractivity contribution >= 4 is 35.7 Å². The molecule has 3 atom stereocenters. The maximum Gasteiger partial charge on any atom is 0.320 e. The van der Waals surface area contributed by atoms with Gasteiger partial charge in [-0.15, -0.1) is 0 Å². The Morgan fingerprint density at radius 3 is 1.52 bits per heavy atom. The third-order valence-electron chi connectivity index (χ3n) is 8.37. The van der Waals surface area contributed by atoms with Crippen molar-refractivity contribution in [2.45, 2.75) is 127 Å². The van der Waals surface area contributed by atoms with Gasteiger partial charge in [-0.1, -0.05) is 51.4 Å². The summed E-state index contributed by atoms with van der Waals surface area (Å²) >= 11 is 0. The molecule has 0 spiro atoms. The second-order valence-electron chi connectivity index (χ2n) is 13.4. The van der Waals surface area contributed by atoms with Crippen LogP contribution in [0.4, 0.5) is 4.39 Å². The van der Waals surface area contributed by atoms with Gasteiger partial charge in [0.25, 0.3) is 0 Å². The van der Waals surface area contributed by atoms with Gasteiger partial charge in [0.15, 0.2) is 0 Å². The summed E-state index contributed by atoms with van der Waals surface area (Å²) in [4.78, 5) is 68.3. The van der Waals surface area contributed by atoms with E-state index < -0.39 is 36.3 Å². The predicted octanol–water partition coefficient (Wildman–Crippen LogP) is 1.30. The maximum absolute atomic E-state index is 12.4. The lowest BCUT2D eigenvalue weighted by molar-refractivity contribution is -0.141. The molecule has 326 valence electrons. The summed E-state index contributed by atoms with van der Waals surface area (Å²) in [5.74, 6) is -2.88. The van der Waals surface area contributed by atoms with Crippen molar-refractivity contribution in [3.8, 4) is 0 Å². The minimum atomic E-state index is -1.54. The van der Waals surface area contributed by atoms with Crippen LogP contribution in [0.3, 0.4) is 0 Å². The van der Waals surface area contributed by atoms with E-state index in [-0.39, 0.29) is 109 Å². The van der Waals surface area contributed by atoms with Gasteiger partial charge in [-0.05, 0) is 44.9 Å². The number of ether oxygens (including phenoxy) is 4. The van der Waals surface area contributed by atoms with Crippen LogP contribution in [0.2, 0.25) is 0 Å². The van der Waals surface area contributed by atoms with Crippen LogP contribution in [0, 0.1) is 0 Å². The number of halogens is 1. The lowest BCUT2D eigenvalue weighted by Crippen LogP contribution is -2.44. The van der Waals surface area contributed by atoms with Crippen molar-refractivity contribution in [2.24, 2.45) is 5.73 Å². The zero-order valence-corrected chi connectivity index (χ0v) is 32.9. The van der Waals surface area contributed by atoms with Gasteiger partial charge in [0.2, 0.25) is 17.7 Å². The number of aliphatic hydroxyl groups is 1. The Hall–Kier alpha value is -3.33. The molecule has 9 N–H and O–H groups in total. The van der Waals surface area contributed by atoms with Gasteiger partial charge < -0.3 is 56.0 Å². The number of hydrogen-bond donors (Lipinski definition) is 8. The van der Waals surface area contributed by atoms with Gasteiger partial charge in [-0.25, -0.2) is 0 Å². The van der Waals surface area contributed by atoms with Crippen LogP contribution in [-0.2, 0) is 47.7 Å². The van der Waals surface area contributed by atoms with Gasteiger partial charge >= 0.3 is 18.0 Å².